The van der Waals surface area contributed by atoms with Crippen molar-refractivity contribution in [2.45, 2.75) is 13.5 Å². The number of benzene rings is 2. The Morgan fingerprint density at radius 1 is 1.00 bits per heavy atom. The smallest absolute Gasteiger partial charge is 0.0424 e. The molecular formula is C14H13Cl2N. The molecule has 0 radical (unpaired) electrons. The summed E-state index contributed by atoms with van der Waals surface area (Å²) in [6.45, 7) is 2.79. The Bertz CT molecular complexity index is 503. The number of anilines is 1. The van der Waals surface area contributed by atoms with Crippen LogP contribution in [-0.2, 0) is 6.54 Å². The van der Waals surface area contributed by atoms with Crippen molar-refractivity contribution in [3.05, 3.63) is 63.6 Å². The molecule has 2 rings (SSSR count). The molecule has 0 bridgehead atoms. The maximum Gasteiger partial charge on any atom is 0.0424 e. The van der Waals surface area contributed by atoms with E-state index in [4.69, 9.17) is 23.2 Å². The van der Waals surface area contributed by atoms with Gasteiger partial charge in [-0.2, -0.15) is 0 Å². The van der Waals surface area contributed by atoms with E-state index in [1.165, 1.54) is 5.56 Å². The monoisotopic (exact) mass is 265 g/mol. The summed E-state index contributed by atoms with van der Waals surface area (Å²) in [5.74, 6) is 0. The molecule has 1 nitrogen and oxygen atoms in total. The summed E-state index contributed by atoms with van der Waals surface area (Å²) >= 11 is 11.9. The number of rotatable bonds is 3. The van der Waals surface area contributed by atoms with E-state index in [0.717, 1.165) is 11.3 Å². The fourth-order valence-electron chi connectivity index (χ4n) is 1.68. The molecule has 0 atom stereocenters. The Morgan fingerprint density at radius 2 is 1.65 bits per heavy atom. The molecule has 0 saturated carbocycles. The van der Waals surface area contributed by atoms with Crippen LogP contribution in [0.3, 0.4) is 0 Å². The minimum absolute atomic E-state index is 0.666. The molecule has 0 aliphatic rings. The van der Waals surface area contributed by atoms with Gasteiger partial charge < -0.3 is 5.32 Å². The highest BCUT2D eigenvalue weighted by atomic mass is 35.5. The van der Waals surface area contributed by atoms with Crippen LogP contribution in [0.4, 0.5) is 5.69 Å². The summed E-state index contributed by atoms with van der Waals surface area (Å²) in [6, 6.07) is 13.7. The first kappa shape index (κ1) is 12.3. The summed E-state index contributed by atoms with van der Waals surface area (Å²) in [5, 5.41) is 4.70. The standard InChI is InChI=1S/C14H13Cl2N/c1-10-4-2-3-5-14(10)17-9-11-6-12(15)8-13(16)7-11/h2-8,17H,9H2,1H3. The highest BCUT2D eigenvalue weighted by molar-refractivity contribution is 6.34. The molecule has 1 N–H and O–H groups in total. The first-order valence-corrected chi connectivity index (χ1v) is 6.15. The molecule has 2 aromatic carbocycles. The van der Waals surface area contributed by atoms with Crippen LogP contribution in [0.25, 0.3) is 0 Å². The van der Waals surface area contributed by atoms with Crippen molar-refractivity contribution in [2.75, 3.05) is 5.32 Å². The van der Waals surface area contributed by atoms with Gasteiger partial charge in [-0.15, -0.1) is 0 Å². The van der Waals surface area contributed by atoms with Gasteiger partial charge in [-0.3, -0.25) is 0 Å². The van der Waals surface area contributed by atoms with Crippen LogP contribution < -0.4 is 5.32 Å². The second-order valence-corrected chi connectivity index (χ2v) is 4.82. The molecule has 0 spiro atoms. The molecule has 0 aliphatic heterocycles. The summed E-state index contributed by atoms with van der Waals surface area (Å²) in [6.07, 6.45) is 0. The molecular weight excluding hydrogens is 253 g/mol. The molecule has 0 aliphatic carbocycles. The second-order valence-electron chi connectivity index (χ2n) is 3.95. The number of hydrogen-bond donors (Lipinski definition) is 1. The average molecular weight is 266 g/mol. The van der Waals surface area contributed by atoms with Crippen molar-refractivity contribution in [1.82, 2.24) is 0 Å². The van der Waals surface area contributed by atoms with E-state index in [-0.39, 0.29) is 0 Å². The number of nitrogens with one attached hydrogen (secondary N) is 1. The van der Waals surface area contributed by atoms with Crippen molar-refractivity contribution < 1.29 is 0 Å². The highest BCUT2D eigenvalue weighted by Crippen LogP contribution is 2.20. The first-order chi connectivity index (χ1) is 8.15. The van der Waals surface area contributed by atoms with Gasteiger partial charge in [0.2, 0.25) is 0 Å². The Hall–Kier alpha value is -1.18. The van der Waals surface area contributed by atoms with E-state index >= 15 is 0 Å². The highest BCUT2D eigenvalue weighted by Gasteiger charge is 2.00. The van der Waals surface area contributed by atoms with Crippen LogP contribution in [0.5, 0.6) is 0 Å². The average Bonchev–Trinajstić information content (AvgIpc) is 2.27. The van der Waals surface area contributed by atoms with Gasteiger partial charge in [0.15, 0.2) is 0 Å². The molecule has 88 valence electrons. The molecule has 0 amide bonds. The third-order valence-electron chi connectivity index (χ3n) is 2.55. The first-order valence-electron chi connectivity index (χ1n) is 5.39. The van der Waals surface area contributed by atoms with Crippen LogP contribution in [0, 0.1) is 6.92 Å². The summed E-state index contributed by atoms with van der Waals surface area (Å²) in [5.41, 5.74) is 3.43. The van der Waals surface area contributed by atoms with Gasteiger partial charge in [-0.1, -0.05) is 41.4 Å². The second kappa shape index (κ2) is 5.44. The maximum absolute atomic E-state index is 5.95. The predicted octanol–water partition coefficient (Wildman–Crippen LogP) is 4.91. The third-order valence-corrected chi connectivity index (χ3v) is 2.99. The Balaban J connectivity index is 2.10. The van der Waals surface area contributed by atoms with Crippen molar-refractivity contribution in [2.24, 2.45) is 0 Å². The summed E-state index contributed by atoms with van der Waals surface area (Å²) in [7, 11) is 0. The van der Waals surface area contributed by atoms with Gasteiger partial charge in [0, 0.05) is 22.3 Å². The van der Waals surface area contributed by atoms with Gasteiger partial charge in [-0.25, -0.2) is 0 Å². The van der Waals surface area contributed by atoms with Crippen molar-refractivity contribution in [1.29, 1.82) is 0 Å². The molecule has 0 heterocycles. The molecule has 0 aromatic heterocycles. The lowest BCUT2D eigenvalue weighted by atomic mass is 10.2. The lowest BCUT2D eigenvalue weighted by Gasteiger charge is -2.09. The van der Waals surface area contributed by atoms with Crippen molar-refractivity contribution >= 4 is 28.9 Å². The zero-order valence-corrected chi connectivity index (χ0v) is 11.0. The molecule has 2 aromatic rings. The number of hydrogen-bond acceptors (Lipinski definition) is 1. The van der Waals surface area contributed by atoms with Gasteiger partial charge in [0.05, 0.1) is 0 Å². The summed E-state index contributed by atoms with van der Waals surface area (Å²) in [4.78, 5) is 0. The minimum Gasteiger partial charge on any atom is -0.381 e. The lowest BCUT2D eigenvalue weighted by Crippen LogP contribution is -2.00. The topological polar surface area (TPSA) is 12.0 Å². The quantitative estimate of drug-likeness (QED) is 0.831. The zero-order chi connectivity index (χ0) is 12.3. The lowest BCUT2D eigenvalue weighted by molar-refractivity contribution is 1.14. The Morgan fingerprint density at radius 3 is 2.29 bits per heavy atom. The number of aryl methyl sites for hydroxylation is 1. The molecule has 0 unspecified atom stereocenters. The van der Waals surface area contributed by atoms with Gasteiger partial charge in [-0.05, 0) is 42.3 Å². The van der Waals surface area contributed by atoms with Crippen molar-refractivity contribution in [3.63, 3.8) is 0 Å². The van der Waals surface area contributed by atoms with Crippen molar-refractivity contribution in [3.8, 4) is 0 Å². The van der Waals surface area contributed by atoms with E-state index in [0.29, 0.717) is 16.6 Å². The molecule has 17 heavy (non-hydrogen) atoms. The van der Waals surface area contributed by atoms with Gasteiger partial charge >= 0.3 is 0 Å². The third kappa shape index (κ3) is 3.39. The summed E-state index contributed by atoms with van der Waals surface area (Å²) < 4.78 is 0. The maximum atomic E-state index is 5.95. The largest absolute Gasteiger partial charge is 0.381 e. The predicted molar refractivity (Wildman–Crippen MR) is 75.0 cm³/mol. The normalized spacial score (nSPS) is 10.3. The van der Waals surface area contributed by atoms with Gasteiger partial charge in [0.25, 0.3) is 0 Å². The molecule has 0 saturated heterocycles. The Kier molecular flexibility index (Phi) is 3.93. The Labute approximate surface area is 111 Å². The van der Waals surface area contributed by atoms with E-state index in [1.807, 2.05) is 24.3 Å². The molecule has 3 heteroatoms. The van der Waals surface area contributed by atoms with Crippen LogP contribution in [0.1, 0.15) is 11.1 Å². The number of para-hydroxylation sites is 1. The minimum atomic E-state index is 0.666. The van der Waals surface area contributed by atoms with Gasteiger partial charge in [0.1, 0.15) is 0 Å². The van der Waals surface area contributed by atoms with E-state index in [1.54, 1.807) is 6.07 Å². The molecule has 0 fully saturated rings. The number of halogens is 2. The van der Waals surface area contributed by atoms with Crippen LogP contribution >= 0.6 is 23.2 Å². The van der Waals surface area contributed by atoms with Crippen LogP contribution in [-0.4, -0.2) is 0 Å². The SMILES string of the molecule is Cc1ccccc1NCc1cc(Cl)cc(Cl)c1. The van der Waals surface area contributed by atoms with Crippen LogP contribution in [0.2, 0.25) is 10.0 Å². The van der Waals surface area contributed by atoms with E-state index in [2.05, 4.69) is 24.4 Å². The fraction of sp³-hybridized carbons (Fsp3) is 0.143. The zero-order valence-electron chi connectivity index (χ0n) is 9.50. The van der Waals surface area contributed by atoms with E-state index in [9.17, 15) is 0 Å². The van der Waals surface area contributed by atoms with Crippen LogP contribution in [0.15, 0.2) is 42.5 Å². The fourth-order valence-corrected chi connectivity index (χ4v) is 2.25. The van der Waals surface area contributed by atoms with E-state index < -0.39 is 0 Å².